The van der Waals surface area contributed by atoms with Gasteiger partial charge in [-0.3, -0.25) is 0 Å². The van der Waals surface area contributed by atoms with E-state index < -0.39 is 17.6 Å². The summed E-state index contributed by atoms with van der Waals surface area (Å²) >= 11 is 5.82. The number of aromatic nitrogens is 3. The number of benzene rings is 2. The van der Waals surface area contributed by atoms with Crippen LogP contribution < -0.4 is 11.1 Å². The molecular formula is C17H12ClF2N5O2. The lowest BCUT2D eigenvalue weighted by molar-refractivity contribution is 0.0457. The van der Waals surface area contributed by atoms with Crippen molar-refractivity contribution in [3.63, 3.8) is 0 Å². The Hall–Kier alpha value is -3.33. The topological polar surface area (TPSA) is 103 Å². The van der Waals surface area contributed by atoms with Gasteiger partial charge in [-0.05, 0) is 36.4 Å². The van der Waals surface area contributed by atoms with Crippen LogP contribution in [0, 0.1) is 11.6 Å². The van der Waals surface area contributed by atoms with Crippen molar-refractivity contribution in [2.24, 2.45) is 0 Å². The fourth-order valence-corrected chi connectivity index (χ4v) is 2.36. The molecule has 0 atom stereocenters. The summed E-state index contributed by atoms with van der Waals surface area (Å²) in [6, 6.07) is 9.31. The quantitative estimate of drug-likeness (QED) is 0.641. The SMILES string of the molecule is Nc1nc(COC(=O)c2c(F)cccc2Cl)nc(Nc2ccc(F)cc2)n1. The first-order valence-corrected chi connectivity index (χ1v) is 7.94. The lowest BCUT2D eigenvalue weighted by Gasteiger charge is -2.09. The molecule has 3 aromatic rings. The number of nitrogen functional groups attached to an aromatic ring is 1. The third-order valence-corrected chi connectivity index (χ3v) is 3.61. The monoisotopic (exact) mass is 391 g/mol. The van der Waals surface area contributed by atoms with E-state index in [-0.39, 0.29) is 34.9 Å². The highest BCUT2D eigenvalue weighted by molar-refractivity contribution is 6.33. The number of nitrogens with zero attached hydrogens (tertiary/aromatic N) is 3. The number of ether oxygens (including phenoxy) is 1. The van der Waals surface area contributed by atoms with E-state index in [1.807, 2.05) is 0 Å². The lowest BCUT2D eigenvalue weighted by Crippen LogP contribution is -2.12. The predicted octanol–water partition coefficient (Wildman–Crippen LogP) is 3.49. The van der Waals surface area contributed by atoms with Crippen molar-refractivity contribution in [1.82, 2.24) is 15.0 Å². The molecule has 0 aliphatic heterocycles. The average molecular weight is 392 g/mol. The summed E-state index contributed by atoms with van der Waals surface area (Å²) in [6.45, 7) is -0.381. The molecule has 10 heteroatoms. The molecule has 7 nitrogen and oxygen atoms in total. The number of rotatable bonds is 5. The number of hydrogen-bond acceptors (Lipinski definition) is 7. The van der Waals surface area contributed by atoms with E-state index in [0.29, 0.717) is 5.69 Å². The molecule has 27 heavy (non-hydrogen) atoms. The molecule has 1 heterocycles. The molecule has 0 spiro atoms. The van der Waals surface area contributed by atoms with Gasteiger partial charge in [-0.1, -0.05) is 17.7 Å². The number of nitrogens with two attached hydrogens (primary N) is 1. The highest BCUT2D eigenvalue weighted by Crippen LogP contribution is 2.20. The molecule has 1 aromatic heterocycles. The number of hydrogen-bond donors (Lipinski definition) is 2. The maximum Gasteiger partial charge on any atom is 0.343 e. The van der Waals surface area contributed by atoms with Crippen LogP contribution in [0.15, 0.2) is 42.5 Å². The Balaban J connectivity index is 1.73. The van der Waals surface area contributed by atoms with Crippen molar-refractivity contribution in [3.8, 4) is 0 Å². The third kappa shape index (κ3) is 4.64. The van der Waals surface area contributed by atoms with Crippen molar-refractivity contribution < 1.29 is 18.3 Å². The van der Waals surface area contributed by atoms with E-state index in [1.165, 1.54) is 36.4 Å². The first-order chi connectivity index (χ1) is 12.9. The number of esters is 1. The predicted molar refractivity (Wildman–Crippen MR) is 94.5 cm³/mol. The summed E-state index contributed by atoms with van der Waals surface area (Å²) in [5.74, 6) is -2.18. The van der Waals surface area contributed by atoms with Crippen molar-refractivity contribution >= 4 is 35.2 Å². The normalized spacial score (nSPS) is 10.5. The van der Waals surface area contributed by atoms with Gasteiger partial charge in [0.05, 0.1) is 5.02 Å². The van der Waals surface area contributed by atoms with Crippen LogP contribution in [0.4, 0.5) is 26.4 Å². The van der Waals surface area contributed by atoms with Gasteiger partial charge in [0, 0.05) is 5.69 Å². The molecule has 2 aromatic carbocycles. The van der Waals surface area contributed by atoms with Gasteiger partial charge < -0.3 is 15.8 Å². The number of nitrogens with one attached hydrogen (secondary N) is 1. The van der Waals surface area contributed by atoms with Crippen molar-refractivity contribution in [2.45, 2.75) is 6.61 Å². The Morgan fingerprint density at radius 2 is 1.85 bits per heavy atom. The molecule has 3 rings (SSSR count). The van der Waals surface area contributed by atoms with Crippen LogP contribution in [-0.4, -0.2) is 20.9 Å². The smallest absolute Gasteiger partial charge is 0.343 e. The highest BCUT2D eigenvalue weighted by Gasteiger charge is 2.18. The van der Waals surface area contributed by atoms with Gasteiger partial charge in [0.1, 0.15) is 17.2 Å². The lowest BCUT2D eigenvalue weighted by atomic mass is 10.2. The highest BCUT2D eigenvalue weighted by atomic mass is 35.5. The molecule has 0 saturated carbocycles. The van der Waals surface area contributed by atoms with Gasteiger partial charge in [0.2, 0.25) is 11.9 Å². The van der Waals surface area contributed by atoms with Gasteiger partial charge in [0.25, 0.3) is 0 Å². The van der Waals surface area contributed by atoms with Crippen LogP contribution in [0.2, 0.25) is 5.02 Å². The molecule has 0 saturated heterocycles. The van der Waals surface area contributed by atoms with Crippen LogP contribution in [0.3, 0.4) is 0 Å². The number of anilines is 3. The zero-order valence-electron chi connectivity index (χ0n) is 13.6. The fourth-order valence-electron chi connectivity index (χ4n) is 2.12. The second kappa shape index (κ2) is 7.92. The molecule has 0 amide bonds. The van der Waals surface area contributed by atoms with E-state index in [1.54, 1.807) is 0 Å². The van der Waals surface area contributed by atoms with Gasteiger partial charge in [0.15, 0.2) is 12.4 Å². The van der Waals surface area contributed by atoms with Crippen molar-refractivity contribution in [3.05, 3.63) is 70.5 Å². The zero-order valence-corrected chi connectivity index (χ0v) is 14.4. The molecule has 0 radical (unpaired) electrons. The Morgan fingerprint density at radius 1 is 1.11 bits per heavy atom. The summed E-state index contributed by atoms with van der Waals surface area (Å²) in [7, 11) is 0. The summed E-state index contributed by atoms with van der Waals surface area (Å²) in [5.41, 5.74) is 5.75. The number of carbonyl (C=O) groups excluding carboxylic acids is 1. The molecule has 138 valence electrons. The standard InChI is InChI=1S/C17H12ClF2N5O2/c18-11-2-1-3-12(20)14(11)15(26)27-8-13-23-16(21)25-17(24-13)22-10-6-4-9(19)5-7-10/h1-7H,8H2,(H3,21,22,23,24,25). The molecule has 0 aliphatic rings. The van der Waals surface area contributed by atoms with Crippen LogP contribution >= 0.6 is 11.6 Å². The summed E-state index contributed by atoms with van der Waals surface area (Å²) < 4.78 is 31.7. The number of halogens is 3. The van der Waals surface area contributed by atoms with Crippen LogP contribution in [0.5, 0.6) is 0 Å². The molecule has 0 aliphatic carbocycles. The molecule has 3 N–H and O–H groups in total. The van der Waals surface area contributed by atoms with Gasteiger partial charge >= 0.3 is 5.97 Å². The Morgan fingerprint density at radius 3 is 2.56 bits per heavy atom. The molecule has 0 unspecified atom stereocenters. The maximum absolute atomic E-state index is 13.7. The van der Waals surface area contributed by atoms with E-state index in [0.717, 1.165) is 6.07 Å². The van der Waals surface area contributed by atoms with E-state index in [4.69, 9.17) is 22.1 Å². The van der Waals surface area contributed by atoms with Gasteiger partial charge in [-0.15, -0.1) is 0 Å². The van der Waals surface area contributed by atoms with E-state index in [2.05, 4.69) is 20.3 Å². The van der Waals surface area contributed by atoms with E-state index >= 15 is 0 Å². The zero-order chi connectivity index (χ0) is 19.4. The van der Waals surface area contributed by atoms with Crippen LogP contribution in [0.1, 0.15) is 16.2 Å². The Bertz CT molecular complexity index is 965. The Labute approximate surface area is 157 Å². The molecule has 0 bridgehead atoms. The average Bonchev–Trinajstić information content (AvgIpc) is 2.61. The minimum absolute atomic E-state index is 0.0351. The van der Waals surface area contributed by atoms with E-state index in [9.17, 15) is 13.6 Å². The first-order valence-electron chi connectivity index (χ1n) is 7.56. The molecular weight excluding hydrogens is 380 g/mol. The van der Waals surface area contributed by atoms with Crippen LogP contribution in [0.25, 0.3) is 0 Å². The molecule has 0 fully saturated rings. The summed E-state index contributed by atoms with van der Waals surface area (Å²) in [6.07, 6.45) is 0. The minimum atomic E-state index is -0.967. The van der Waals surface area contributed by atoms with Gasteiger partial charge in [-0.2, -0.15) is 15.0 Å². The first kappa shape index (κ1) is 18.5. The largest absolute Gasteiger partial charge is 0.454 e. The van der Waals surface area contributed by atoms with Gasteiger partial charge in [-0.25, -0.2) is 13.6 Å². The maximum atomic E-state index is 13.7. The van der Waals surface area contributed by atoms with Crippen molar-refractivity contribution in [1.29, 1.82) is 0 Å². The third-order valence-electron chi connectivity index (χ3n) is 3.30. The van der Waals surface area contributed by atoms with Crippen molar-refractivity contribution in [2.75, 3.05) is 11.1 Å². The summed E-state index contributed by atoms with van der Waals surface area (Å²) in [4.78, 5) is 23.8. The summed E-state index contributed by atoms with van der Waals surface area (Å²) in [5, 5.41) is 2.74. The fraction of sp³-hybridized carbons (Fsp3) is 0.0588. The second-order valence-electron chi connectivity index (χ2n) is 5.24. The minimum Gasteiger partial charge on any atom is -0.454 e. The van der Waals surface area contributed by atoms with Crippen LogP contribution in [-0.2, 0) is 11.3 Å². The Kier molecular flexibility index (Phi) is 5.41. The second-order valence-corrected chi connectivity index (χ2v) is 5.65. The number of carbonyl (C=O) groups is 1.